The van der Waals surface area contributed by atoms with Crippen molar-refractivity contribution in [2.45, 2.75) is 31.6 Å². The van der Waals surface area contributed by atoms with Crippen LogP contribution in [-0.2, 0) is 11.3 Å². The fourth-order valence-electron chi connectivity index (χ4n) is 3.24. The first-order valence-corrected chi connectivity index (χ1v) is 11.4. The summed E-state index contributed by atoms with van der Waals surface area (Å²) in [6.07, 6.45) is 2.79. The van der Waals surface area contributed by atoms with Crippen molar-refractivity contribution in [2.75, 3.05) is 5.32 Å². The fourth-order valence-corrected chi connectivity index (χ4v) is 3.24. The third kappa shape index (κ3) is 7.12. The predicted molar refractivity (Wildman–Crippen MR) is 134 cm³/mol. The highest BCUT2D eigenvalue weighted by Crippen LogP contribution is 2.24. The maximum atomic E-state index is 13.6. The van der Waals surface area contributed by atoms with E-state index in [2.05, 4.69) is 25.6 Å². The van der Waals surface area contributed by atoms with Gasteiger partial charge in [0, 0.05) is 42.0 Å². The van der Waals surface area contributed by atoms with E-state index < -0.39 is 23.4 Å². The Kier molecular flexibility index (Phi) is 7.65. The molecular formula is C25H22F3N7O3. The summed E-state index contributed by atoms with van der Waals surface area (Å²) in [5.74, 6) is -0.925. The van der Waals surface area contributed by atoms with Gasteiger partial charge in [0.15, 0.2) is 0 Å². The standard InChI is InChI=1S/C25H22F3N7O3/c26-25(27,28)20(10-19(29)15-2-1-9-30-11-15)32-18-6-7-21(31-12-18)34-24(38)16-3-8-23(37)35(13-16)14-22(36)33-17-4-5-17/h1-3,6-13,17H,4-5,14,29H2,(H,33,36)(H,31,34,38). The van der Waals surface area contributed by atoms with Crippen LogP contribution in [0.2, 0.25) is 0 Å². The molecule has 4 rings (SSSR count). The zero-order valence-electron chi connectivity index (χ0n) is 19.8. The first kappa shape index (κ1) is 26.3. The van der Waals surface area contributed by atoms with E-state index in [0.29, 0.717) is 11.6 Å². The van der Waals surface area contributed by atoms with Gasteiger partial charge in [0.25, 0.3) is 11.5 Å². The zero-order chi connectivity index (χ0) is 27.3. The summed E-state index contributed by atoms with van der Waals surface area (Å²) in [5, 5.41) is 5.25. The van der Waals surface area contributed by atoms with Crippen molar-refractivity contribution in [3.63, 3.8) is 0 Å². The minimum Gasteiger partial charge on any atom is -0.398 e. The quantitative estimate of drug-likeness (QED) is 0.386. The molecule has 2 amide bonds. The number of carbonyl (C=O) groups is 2. The molecule has 1 aliphatic rings. The van der Waals surface area contributed by atoms with E-state index in [4.69, 9.17) is 5.73 Å². The Bertz CT molecular complexity index is 1450. The number of hydrogen-bond donors (Lipinski definition) is 3. The second-order valence-electron chi connectivity index (χ2n) is 8.42. The number of alkyl halides is 3. The van der Waals surface area contributed by atoms with Crippen molar-refractivity contribution in [1.82, 2.24) is 19.9 Å². The molecule has 0 unspecified atom stereocenters. The van der Waals surface area contributed by atoms with Gasteiger partial charge >= 0.3 is 6.18 Å². The highest BCUT2D eigenvalue weighted by molar-refractivity contribution is 6.05. The van der Waals surface area contributed by atoms with Crippen LogP contribution >= 0.6 is 0 Å². The molecule has 1 aliphatic carbocycles. The number of nitrogens with two attached hydrogens (primary N) is 1. The van der Waals surface area contributed by atoms with Crippen LogP contribution in [0.3, 0.4) is 0 Å². The fraction of sp³-hybridized carbons (Fsp3) is 0.200. The molecule has 0 saturated heterocycles. The molecule has 3 heterocycles. The molecule has 3 aromatic heterocycles. The van der Waals surface area contributed by atoms with Crippen LogP contribution in [0.4, 0.5) is 24.7 Å². The van der Waals surface area contributed by atoms with Crippen LogP contribution in [0, 0.1) is 0 Å². The third-order valence-electron chi connectivity index (χ3n) is 5.32. The second kappa shape index (κ2) is 11.1. The van der Waals surface area contributed by atoms with E-state index in [1.165, 1.54) is 48.9 Å². The Morgan fingerprint density at radius 1 is 1.13 bits per heavy atom. The summed E-state index contributed by atoms with van der Waals surface area (Å²) in [7, 11) is 0. The molecule has 0 aromatic carbocycles. The number of nitrogens with one attached hydrogen (secondary N) is 2. The number of allylic oxidation sites excluding steroid dienone is 1. The van der Waals surface area contributed by atoms with Crippen LogP contribution in [0.1, 0.15) is 28.8 Å². The van der Waals surface area contributed by atoms with Crippen LogP contribution in [0.25, 0.3) is 5.70 Å². The lowest BCUT2D eigenvalue weighted by molar-refractivity contribution is -0.121. The smallest absolute Gasteiger partial charge is 0.398 e. The van der Waals surface area contributed by atoms with Crippen LogP contribution in [0.5, 0.6) is 0 Å². The topological polar surface area (TPSA) is 144 Å². The van der Waals surface area contributed by atoms with E-state index in [1.807, 2.05) is 0 Å². The van der Waals surface area contributed by atoms with Crippen molar-refractivity contribution >= 4 is 34.7 Å². The number of aliphatic imine (C=N–C) groups is 1. The summed E-state index contributed by atoms with van der Waals surface area (Å²) < 4.78 is 41.8. The van der Waals surface area contributed by atoms with Crippen molar-refractivity contribution in [3.05, 3.63) is 88.7 Å². The SMILES string of the molecule is NC(=CC(=Nc1ccc(NC(=O)c2ccc(=O)n(CC(=O)NC3CC3)c2)nc1)C(F)(F)F)c1cccnc1. The molecule has 1 fully saturated rings. The summed E-state index contributed by atoms with van der Waals surface area (Å²) in [4.78, 5) is 48.1. The van der Waals surface area contributed by atoms with Gasteiger partial charge in [-0.2, -0.15) is 13.2 Å². The molecule has 0 atom stereocenters. The Labute approximate surface area is 214 Å². The number of amides is 2. The molecule has 3 aromatic rings. The number of anilines is 1. The number of rotatable bonds is 8. The molecule has 38 heavy (non-hydrogen) atoms. The summed E-state index contributed by atoms with van der Waals surface area (Å²) >= 11 is 0. The summed E-state index contributed by atoms with van der Waals surface area (Å²) in [6, 6.07) is 8.15. The monoisotopic (exact) mass is 525 g/mol. The minimum atomic E-state index is -4.79. The van der Waals surface area contributed by atoms with Gasteiger partial charge < -0.3 is 20.9 Å². The average molecular weight is 525 g/mol. The second-order valence-corrected chi connectivity index (χ2v) is 8.42. The van der Waals surface area contributed by atoms with Gasteiger partial charge in [0.05, 0.1) is 17.4 Å². The maximum absolute atomic E-state index is 13.6. The Morgan fingerprint density at radius 3 is 2.55 bits per heavy atom. The van der Waals surface area contributed by atoms with Crippen molar-refractivity contribution in [2.24, 2.45) is 10.7 Å². The predicted octanol–water partition coefficient (Wildman–Crippen LogP) is 2.80. The van der Waals surface area contributed by atoms with Gasteiger partial charge in [-0.1, -0.05) is 0 Å². The highest BCUT2D eigenvalue weighted by Gasteiger charge is 2.34. The highest BCUT2D eigenvalue weighted by atomic mass is 19.4. The van der Waals surface area contributed by atoms with E-state index in [0.717, 1.165) is 29.7 Å². The van der Waals surface area contributed by atoms with Gasteiger partial charge in [-0.3, -0.25) is 19.4 Å². The van der Waals surface area contributed by atoms with E-state index in [-0.39, 0.29) is 41.3 Å². The van der Waals surface area contributed by atoms with E-state index in [1.54, 1.807) is 0 Å². The Hall–Kier alpha value is -4.81. The summed E-state index contributed by atoms with van der Waals surface area (Å²) in [6.45, 7) is -0.233. The van der Waals surface area contributed by atoms with Crippen molar-refractivity contribution in [1.29, 1.82) is 0 Å². The van der Waals surface area contributed by atoms with Gasteiger partial charge in [-0.25, -0.2) is 9.98 Å². The molecule has 0 spiro atoms. The summed E-state index contributed by atoms with van der Waals surface area (Å²) in [5.41, 5.74) is 4.18. The Balaban J connectivity index is 1.47. The lowest BCUT2D eigenvalue weighted by Crippen LogP contribution is -2.33. The zero-order valence-corrected chi connectivity index (χ0v) is 19.8. The molecule has 13 heteroatoms. The number of aromatic nitrogens is 3. The van der Waals surface area contributed by atoms with Crippen LogP contribution in [-0.4, -0.2) is 44.3 Å². The third-order valence-corrected chi connectivity index (χ3v) is 5.32. The number of pyridine rings is 3. The Morgan fingerprint density at radius 2 is 1.92 bits per heavy atom. The molecule has 1 saturated carbocycles. The largest absolute Gasteiger partial charge is 0.433 e. The first-order valence-electron chi connectivity index (χ1n) is 11.4. The van der Waals surface area contributed by atoms with Gasteiger partial charge in [0.1, 0.15) is 18.1 Å². The van der Waals surface area contributed by atoms with E-state index in [9.17, 15) is 27.6 Å². The van der Waals surface area contributed by atoms with Gasteiger partial charge in [-0.15, -0.1) is 0 Å². The molecule has 4 N–H and O–H groups in total. The van der Waals surface area contributed by atoms with Crippen LogP contribution in [0.15, 0.2) is 77.0 Å². The molecule has 0 aliphatic heterocycles. The lowest BCUT2D eigenvalue weighted by atomic mass is 10.1. The van der Waals surface area contributed by atoms with Gasteiger partial charge in [-0.05, 0) is 49.2 Å². The maximum Gasteiger partial charge on any atom is 0.433 e. The first-order chi connectivity index (χ1) is 18.1. The number of halogens is 3. The van der Waals surface area contributed by atoms with Crippen molar-refractivity contribution in [3.8, 4) is 0 Å². The van der Waals surface area contributed by atoms with E-state index >= 15 is 0 Å². The number of carbonyl (C=O) groups excluding carboxylic acids is 2. The molecule has 0 bridgehead atoms. The normalized spacial score (nSPS) is 14.2. The molecule has 196 valence electrons. The number of hydrogen-bond acceptors (Lipinski definition) is 7. The van der Waals surface area contributed by atoms with Gasteiger partial charge in [0.2, 0.25) is 5.91 Å². The molecular weight excluding hydrogens is 503 g/mol. The molecule has 10 nitrogen and oxygen atoms in total. The lowest BCUT2D eigenvalue weighted by Gasteiger charge is -2.10. The van der Waals surface area contributed by atoms with Crippen LogP contribution < -0.4 is 21.9 Å². The van der Waals surface area contributed by atoms with Crippen molar-refractivity contribution < 1.29 is 22.8 Å². The average Bonchev–Trinajstić information content (AvgIpc) is 3.69. The number of nitrogens with zero attached hydrogens (tertiary/aromatic N) is 4. The minimum absolute atomic E-state index is 0.0390. The molecule has 0 radical (unpaired) electrons.